The van der Waals surface area contributed by atoms with Gasteiger partial charge < -0.3 is 29.3 Å². The van der Waals surface area contributed by atoms with Gasteiger partial charge in [-0.3, -0.25) is 14.6 Å². The molecule has 174 valence electrons. The van der Waals surface area contributed by atoms with Crippen molar-refractivity contribution >= 4 is 55.8 Å². The molecule has 33 heavy (non-hydrogen) atoms. The van der Waals surface area contributed by atoms with E-state index in [4.69, 9.17) is 14.2 Å². The Labute approximate surface area is 194 Å². The number of hydrogen-bond donors (Lipinski definition) is 1. The predicted molar refractivity (Wildman–Crippen MR) is 124 cm³/mol. The number of benzene rings is 1. The molecule has 10 nitrogen and oxygen atoms in total. The summed E-state index contributed by atoms with van der Waals surface area (Å²) < 4.78 is 16.4. The lowest BCUT2D eigenvalue weighted by molar-refractivity contribution is -0.144. The maximum absolute atomic E-state index is 12.8. The molecule has 0 bridgehead atoms. The van der Waals surface area contributed by atoms with E-state index in [9.17, 15) is 14.4 Å². The molecule has 0 unspecified atom stereocenters. The van der Waals surface area contributed by atoms with E-state index < -0.39 is 17.8 Å². The summed E-state index contributed by atoms with van der Waals surface area (Å²) in [6.45, 7) is 2.31. The maximum atomic E-state index is 12.8. The number of pyridine rings is 1. The molecule has 0 spiro atoms. The first-order chi connectivity index (χ1) is 15.9. The van der Waals surface area contributed by atoms with Crippen LogP contribution in [0.2, 0.25) is 0 Å². The van der Waals surface area contributed by atoms with E-state index in [1.165, 1.54) is 26.2 Å². The first-order valence-electron chi connectivity index (χ1n) is 10.2. The van der Waals surface area contributed by atoms with Gasteiger partial charge in [0.2, 0.25) is 0 Å². The van der Waals surface area contributed by atoms with Crippen LogP contribution < -0.4 is 14.8 Å². The van der Waals surface area contributed by atoms with Crippen LogP contribution in [0.5, 0.6) is 11.5 Å². The molecule has 1 aromatic carbocycles. The number of nitrogens with zero attached hydrogens (tertiary/aromatic N) is 3. The number of aromatic nitrogens is 1. The van der Waals surface area contributed by atoms with Gasteiger partial charge in [-0.1, -0.05) is 0 Å². The molecular formula is C22H24N4O6S. The van der Waals surface area contributed by atoms with Crippen LogP contribution in [-0.4, -0.2) is 87.1 Å². The fourth-order valence-corrected chi connectivity index (χ4v) is 4.91. The second kappa shape index (κ2) is 9.20. The Kier molecular flexibility index (Phi) is 6.34. The van der Waals surface area contributed by atoms with Crippen LogP contribution >= 0.6 is 11.3 Å². The Morgan fingerprint density at radius 1 is 1.00 bits per heavy atom. The Morgan fingerprint density at radius 3 is 2.30 bits per heavy atom. The summed E-state index contributed by atoms with van der Waals surface area (Å²) in [4.78, 5) is 46.3. The first-order valence-corrected chi connectivity index (χ1v) is 11.0. The Morgan fingerprint density at radius 2 is 1.67 bits per heavy atom. The minimum absolute atomic E-state index is 0.177. The molecule has 3 heterocycles. The zero-order valence-corrected chi connectivity index (χ0v) is 19.6. The zero-order valence-electron chi connectivity index (χ0n) is 18.8. The third kappa shape index (κ3) is 4.16. The molecule has 1 aliphatic heterocycles. The summed E-state index contributed by atoms with van der Waals surface area (Å²) in [5, 5.41) is 3.88. The lowest BCUT2D eigenvalue weighted by Crippen LogP contribution is -2.50. The van der Waals surface area contributed by atoms with Crippen LogP contribution in [0.1, 0.15) is 9.67 Å². The molecular weight excluding hydrogens is 448 g/mol. The van der Waals surface area contributed by atoms with Crippen molar-refractivity contribution in [2.45, 2.75) is 0 Å². The number of amides is 2. The highest BCUT2D eigenvalue weighted by atomic mass is 32.1. The number of fused-ring (bicyclic) bond motifs is 3. The summed E-state index contributed by atoms with van der Waals surface area (Å²) in [5.74, 6) is -1.04. The third-order valence-corrected chi connectivity index (χ3v) is 6.84. The van der Waals surface area contributed by atoms with E-state index in [1.807, 2.05) is 7.05 Å². The molecule has 2 aromatic heterocycles. The van der Waals surface area contributed by atoms with E-state index >= 15 is 0 Å². The fraction of sp³-hybridized carbons (Fsp3) is 0.364. The molecule has 1 fully saturated rings. The smallest absolute Gasteiger partial charge is 0.350 e. The highest BCUT2D eigenvalue weighted by Crippen LogP contribution is 2.42. The van der Waals surface area contributed by atoms with Crippen LogP contribution in [-0.2, 0) is 14.3 Å². The maximum Gasteiger partial charge on any atom is 0.350 e. The monoisotopic (exact) mass is 472 g/mol. The molecule has 2 amide bonds. The van der Waals surface area contributed by atoms with Gasteiger partial charge in [-0.05, 0) is 13.1 Å². The van der Waals surface area contributed by atoms with E-state index in [0.29, 0.717) is 58.7 Å². The van der Waals surface area contributed by atoms with Crippen LogP contribution in [0.25, 0.3) is 21.0 Å². The van der Waals surface area contributed by atoms with Gasteiger partial charge >= 0.3 is 17.8 Å². The molecule has 11 heteroatoms. The Balaban J connectivity index is 1.77. The van der Waals surface area contributed by atoms with Crippen molar-refractivity contribution in [1.82, 2.24) is 14.8 Å². The molecule has 1 aliphatic rings. The number of carbonyl (C=O) groups is 3. The number of esters is 1. The normalized spacial score (nSPS) is 14.4. The lowest BCUT2D eigenvalue weighted by Gasteiger charge is -2.31. The molecule has 1 saturated heterocycles. The molecule has 0 radical (unpaired) electrons. The quantitative estimate of drug-likeness (QED) is 0.453. The number of ether oxygens (including phenoxy) is 3. The van der Waals surface area contributed by atoms with Gasteiger partial charge in [-0.25, -0.2) is 4.79 Å². The van der Waals surface area contributed by atoms with Crippen molar-refractivity contribution < 1.29 is 28.6 Å². The van der Waals surface area contributed by atoms with Gasteiger partial charge in [-0.15, -0.1) is 11.3 Å². The second-order valence-electron chi connectivity index (χ2n) is 7.57. The topological polar surface area (TPSA) is 110 Å². The van der Waals surface area contributed by atoms with E-state index in [-0.39, 0.29) is 10.6 Å². The lowest BCUT2D eigenvalue weighted by atomic mass is 10.1. The van der Waals surface area contributed by atoms with Gasteiger partial charge in [0, 0.05) is 53.9 Å². The molecule has 0 atom stereocenters. The second-order valence-corrected chi connectivity index (χ2v) is 8.59. The fourth-order valence-electron chi connectivity index (χ4n) is 3.74. The van der Waals surface area contributed by atoms with Gasteiger partial charge in [0.15, 0.2) is 11.5 Å². The third-order valence-electron chi connectivity index (χ3n) is 5.62. The SMILES string of the molecule is COC(=O)c1sc2c(cnc3cc(OC)c(OC)cc32)c1NC(=O)C(=O)N1CCN(C)CC1. The largest absolute Gasteiger partial charge is 0.493 e. The van der Waals surface area contributed by atoms with Gasteiger partial charge in [0.1, 0.15) is 4.88 Å². The van der Waals surface area contributed by atoms with Crippen molar-refractivity contribution in [2.75, 3.05) is 59.9 Å². The van der Waals surface area contributed by atoms with Crippen LogP contribution in [0.3, 0.4) is 0 Å². The number of anilines is 1. The zero-order chi connectivity index (χ0) is 23.7. The summed E-state index contributed by atoms with van der Waals surface area (Å²) >= 11 is 1.15. The minimum atomic E-state index is -0.809. The number of thiophene rings is 1. The van der Waals surface area contributed by atoms with Gasteiger partial charge in [-0.2, -0.15) is 0 Å². The summed E-state index contributed by atoms with van der Waals surface area (Å²) in [6.07, 6.45) is 1.56. The summed E-state index contributed by atoms with van der Waals surface area (Å²) in [5.41, 5.74) is 0.836. The van der Waals surface area contributed by atoms with Crippen molar-refractivity contribution in [1.29, 1.82) is 0 Å². The van der Waals surface area contributed by atoms with Gasteiger partial charge in [0.25, 0.3) is 0 Å². The van der Waals surface area contributed by atoms with Crippen molar-refractivity contribution in [2.24, 2.45) is 0 Å². The molecule has 0 saturated carbocycles. The van der Waals surface area contributed by atoms with Crippen molar-refractivity contribution in [3.8, 4) is 11.5 Å². The van der Waals surface area contributed by atoms with Crippen LogP contribution in [0, 0.1) is 0 Å². The average molecular weight is 473 g/mol. The van der Waals surface area contributed by atoms with E-state index in [1.54, 1.807) is 18.3 Å². The standard InChI is InChI=1S/C22H24N4O6S/c1-25-5-7-26(8-6-25)21(28)20(27)24-17-13-11-23-14-10-16(31-3)15(30-2)9-12(14)18(13)33-19(17)22(29)32-4/h9-11H,5-8H2,1-4H3,(H,24,27). The number of nitrogens with one attached hydrogen (secondary N) is 1. The number of hydrogen-bond acceptors (Lipinski definition) is 9. The Hall–Kier alpha value is -3.44. The highest BCUT2D eigenvalue weighted by Gasteiger charge is 2.29. The summed E-state index contributed by atoms with van der Waals surface area (Å²) in [6, 6.07) is 3.50. The first kappa shape index (κ1) is 22.7. The summed E-state index contributed by atoms with van der Waals surface area (Å²) in [7, 11) is 6.29. The Bertz CT molecular complexity index is 1250. The van der Waals surface area contributed by atoms with Crippen molar-refractivity contribution in [3.63, 3.8) is 0 Å². The highest BCUT2D eigenvalue weighted by molar-refractivity contribution is 7.22. The average Bonchev–Trinajstić information content (AvgIpc) is 3.21. The van der Waals surface area contributed by atoms with Crippen molar-refractivity contribution in [3.05, 3.63) is 23.2 Å². The number of methoxy groups -OCH3 is 3. The van der Waals surface area contributed by atoms with Gasteiger partial charge in [0.05, 0.1) is 32.5 Å². The number of carbonyl (C=O) groups excluding carboxylic acids is 3. The molecule has 1 N–H and O–H groups in total. The van der Waals surface area contributed by atoms with E-state index in [2.05, 4.69) is 15.2 Å². The number of rotatable bonds is 4. The molecule has 3 aromatic rings. The minimum Gasteiger partial charge on any atom is -0.493 e. The van der Waals surface area contributed by atoms with Crippen LogP contribution in [0.4, 0.5) is 5.69 Å². The van der Waals surface area contributed by atoms with Crippen LogP contribution in [0.15, 0.2) is 18.3 Å². The number of likely N-dealkylation sites (N-methyl/N-ethyl adjacent to an activating group) is 1. The number of piperazine rings is 1. The molecule has 4 rings (SSSR count). The predicted octanol–water partition coefficient (Wildman–Crippen LogP) is 1.97. The van der Waals surface area contributed by atoms with E-state index in [0.717, 1.165) is 11.3 Å². The molecule has 0 aliphatic carbocycles.